The second kappa shape index (κ2) is 10.6. The van der Waals surface area contributed by atoms with Gasteiger partial charge in [-0.05, 0) is 37.3 Å². The SMILES string of the molecule is CCN(CC(=O)Nc1ccc2c(c1)OCCO2)C(=O)c1cc(S(=O)(=O)N2CCOCC2)ccc1F. The van der Waals surface area contributed by atoms with Crippen molar-refractivity contribution >= 4 is 27.5 Å². The highest BCUT2D eigenvalue weighted by Crippen LogP contribution is 2.32. The van der Waals surface area contributed by atoms with Crippen LogP contribution in [0.5, 0.6) is 11.5 Å². The van der Waals surface area contributed by atoms with E-state index in [4.69, 9.17) is 14.2 Å². The van der Waals surface area contributed by atoms with Crippen LogP contribution in [0, 0.1) is 5.82 Å². The lowest BCUT2D eigenvalue weighted by molar-refractivity contribution is -0.116. The van der Waals surface area contributed by atoms with Crippen LogP contribution in [-0.2, 0) is 19.6 Å². The van der Waals surface area contributed by atoms with E-state index < -0.39 is 33.2 Å². The number of nitrogens with one attached hydrogen (secondary N) is 1. The zero-order chi connectivity index (χ0) is 25.0. The van der Waals surface area contributed by atoms with Crippen LogP contribution in [0.25, 0.3) is 0 Å². The topological polar surface area (TPSA) is 114 Å². The zero-order valence-electron chi connectivity index (χ0n) is 19.2. The van der Waals surface area contributed by atoms with Crippen molar-refractivity contribution in [3.63, 3.8) is 0 Å². The number of sulfonamides is 1. The van der Waals surface area contributed by atoms with Crippen molar-refractivity contribution in [2.24, 2.45) is 0 Å². The Bertz CT molecular complexity index is 1220. The van der Waals surface area contributed by atoms with Gasteiger partial charge in [0.05, 0.1) is 23.7 Å². The normalized spacial score (nSPS) is 15.9. The number of rotatable bonds is 7. The monoisotopic (exact) mass is 507 g/mol. The molecule has 12 heteroatoms. The zero-order valence-corrected chi connectivity index (χ0v) is 20.0. The molecule has 0 aromatic heterocycles. The lowest BCUT2D eigenvalue weighted by atomic mass is 10.2. The Labute approximate surface area is 202 Å². The highest BCUT2D eigenvalue weighted by atomic mass is 32.2. The second-order valence-corrected chi connectivity index (χ2v) is 9.82. The lowest BCUT2D eigenvalue weighted by Gasteiger charge is -2.26. The molecule has 2 aliphatic rings. The van der Waals surface area contributed by atoms with E-state index in [0.29, 0.717) is 30.4 Å². The van der Waals surface area contributed by atoms with Crippen LogP contribution in [0.3, 0.4) is 0 Å². The molecule has 0 unspecified atom stereocenters. The number of hydrogen-bond acceptors (Lipinski definition) is 7. The van der Waals surface area contributed by atoms with Gasteiger partial charge >= 0.3 is 0 Å². The summed E-state index contributed by atoms with van der Waals surface area (Å²) in [4.78, 5) is 26.6. The molecule has 2 aromatic carbocycles. The third kappa shape index (κ3) is 5.55. The molecule has 35 heavy (non-hydrogen) atoms. The van der Waals surface area contributed by atoms with Crippen molar-refractivity contribution in [3.8, 4) is 11.5 Å². The smallest absolute Gasteiger partial charge is 0.257 e. The number of likely N-dealkylation sites (N-methyl/N-ethyl adjacent to an activating group) is 1. The van der Waals surface area contributed by atoms with Gasteiger partial charge in [-0.3, -0.25) is 9.59 Å². The Hall–Kier alpha value is -3.22. The first-order valence-electron chi connectivity index (χ1n) is 11.2. The van der Waals surface area contributed by atoms with E-state index in [2.05, 4.69) is 5.32 Å². The van der Waals surface area contributed by atoms with Gasteiger partial charge in [-0.25, -0.2) is 12.8 Å². The summed E-state index contributed by atoms with van der Waals surface area (Å²) in [7, 11) is -3.92. The molecular formula is C23H26FN3O7S. The minimum atomic E-state index is -3.92. The fourth-order valence-corrected chi connectivity index (χ4v) is 5.19. The maximum Gasteiger partial charge on any atom is 0.257 e. The first-order valence-corrected chi connectivity index (χ1v) is 12.6. The Morgan fingerprint density at radius 1 is 1.03 bits per heavy atom. The average Bonchev–Trinajstić information content (AvgIpc) is 2.87. The minimum Gasteiger partial charge on any atom is -0.486 e. The lowest BCUT2D eigenvalue weighted by Crippen LogP contribution is -2.41. The molecule has 4 rings (SSSR count). The van der Waals surface area contributed by atoms with Crippen molar-refractivity contribution in [2.45, 2.75) is 11.8 Å². The molecule has 1 N–H and O–H groups in total. The Balaban J connectivity index is 1.48. The summed E-state index contributed by atoms with van der Waals surface area (Å²) in [5, 5.41) is 2.68. The van der Waals surface area contributed by atoms with Crippen molar-refractivity contribution in [3.05, 3.63) is 47.8 Å². The Morgan fingerprint density at radius 2 is 1.74 bits per heavy atom. The molecule has 2 aromatic rings. The summed E-state index contributed by atoms with van der Waals surface area (Å²) >= 11 is 0. The van der Waals surface area contributed by atoms with E-state index in [1.54, 1.807) is 25.1 Å². The molecule has 0 bridgehead atoms. The third-order valence-electron chi connectivity index (χ3n) is 5.61. The second-order valence-electron chi connectivity index (χ2n) is 7.88. The molecule has 0 atom stereocenters. The average molecular weight is 508 g/mol. The van der Waals surface area contributed by atoms with Gasteiger partial charge in [0, 0.05) is 31.4 Å². The number of carbonyl (C=O) groups is 2. The van der Waals surface area contributed by atoms with Crippen LogP contribution in [0.1, 0.15) is 17.3 Å². The van der Waals surface area contributed by atoms with Crippen molar-refractivity contribution in [1.82, 2.24) is 9.21 Å². The number of fused-ring (bicyclic) bond motifs is 1. The largest absolute Gasteiger partial charge is 0.486 e. The van der Waals surface area contributed by atoms with Crippen molar-refractivity contribution < 1.29 is 36.6 Å². The maximum absolute atomic E-state index is 14.6. The van der Waals surface area contributed by atoms with Gasteiger partial charge in [-0.2, -0.15) is 4.31 Å². The number of benzene rings is 2. The number of carbonyl (C=O) groups excluding carboxylic acids is 2. The summed E-state index contributed by atoms with van der Waals surface area (Å²) in [6, 6.07) is 8.02. The van der Waals surface area contributed by atoms with Gasteiger partial charge in [0.1, 0.15) is 25.6 Å². The van der Waals surface area contributed by atoms with Gasteiger partial charge in [0.25, 0.3) is 5.91 Å². The van der Waals surface area contributed by atoms with Crippen LogP contribution < -0.4 is 14.8 Å². The molecule has 0 spiro atoms. The predicted molar refractivity (Wildman–Crippen MR) is 124 cm³/mol. The molecule has 10 nitrogen and oxygen atoms in total. The summed E-state index contributed by atoms with van der Waals surface area (Å²) in [6.45, 7) is 3.08. The predicted octanol–water partition coefficient (Wildman–Crippen LogP) is 1.72. The number of ether oxygens (including phenoxy) is 3. The van der Waals surface area contributed by atoms with Crippen LogP contribution in [0.4, 0.5) is 10.1 Å². The molecule has 0 saturated carbocycles. The van der Waals surface area contributed by atoms with E-state index in [9.17, 15) is 22.4 Å². The van der Waals surface area contributed by atoms with Gasteiger partial charge in [-0.15, -0.1) is 0 Å². The maximum atomic E-state index is 14.6. The van der Waals surface area contributed by atoms with Crippen molar-refractivity contribution in [2.75, 3.05) is 57.9 Å². The molecular weight excluding hydrogens is 481 g/mol. The summed E-state index contributed by atoms with van der Waals surface area (Å²) in [6.07, 6.45) is 0. The third-order valence-corrected chi connectivity index (χ3v) is 7.50. The van der Waals surface area contributed by atoms with E-state index in [1.165, 1.54) is 4.31 Å². The number of morpholine rings is 1. The first-order chi connectivity index (χ1) is 16.8. The molecule has 2 aliphatic heterocycles. The first kappa shape index (κ1) is 24.9. The van der Waals surface area contributed by atoms with Gasteiger partial charge in [0.2, 0.25) is 15.9 Å². The number of halogens is 1. The van der Waals surface area contributed by atoms with Crippen LogP contribution in [0.15, 0.2) is 41.3 Å². The van der Waals surface area contributed by atoms with Crippen LogP contribution in [0.2, 0.25) is 0 Å². The van der Waals surface area contributed by atoms with Gasteiger partial charge in [0.15, 0.2) is 11.5 Å². The number of hydrogen-bond donors (Lipinski definition) is 1. The molecule has 0 radical (unpaired) electrons. The molecule has 1 saturated heterocycles. The van der Waals surface area contributed by atoms with Gasteiger partial charge in [-0.1, -0.05) is 0 Å². The van der Waals surface area contributed by atoms with E-state index in [0.717, 1.165) is 23.1 Å². The van der Waals surface area contributed by atoms with Crippen LogP contribution >= 0.6 is 0 Å². The van der Waals surface area contributed by atoms with E-state index in [1.807, 2.05) is 0 Å². The Morgan fingerprint density at radius 3 is 2.46 bits per heavy atom. The number of amides is 2. The highest BCUT2D eigenvalue weighted by Gasteiger charge is 2.29. The number of nitrogens with zero attached hydrogens (tertiary/aromatic N) is 2. The highest BCUT2D eigenvalue weighted by molar-refractivity contribution is 7.89. The molecule has 2 heterocycles. The van der Waals surface area contributed by atoms with Crippen molar-refractivity contribution in [1.29, 1.82) is 0 Å². The fourth-order valence-electron chi connectivity index (χ4n) is 3.76. The molecule has 0 aliphatic carbocycles. The summed E-state index contributed by atoms with van der Waals surface area (Å²) in [5.74, 6) is -1.10. The Kier molecular flexibility index (Phi) is 7.53. The minimum absolute atomic E-state index is 0.104. The summed E-state index contributed by atoms with van der Waals surface area (Å²) < 4.78 is 57.8. The number of anilines is 1. The van der Waals surface area contributed by atoms with Crippen LogP contribution in [-0.4, -0.2) is 82.0 Å². The molecule has 2 amide bonds. The molecule has 1 fully saturated rings. The van der Waals surface area contributed by atoms with Gasteiger partial charge < -0.3 is 24.4 Å². The standard InChI is InChI=1S/C23H26FN3O7S/c1-2-26(15-22(28)25-16-3-6-20-21(13-16)34-12-11-33-20)23(29)18-14-17(4-5-19(18)24)35(30,31)27-7-9-32-10-8-27/h3-6,13-14H,2,7-12,15H2,1H3,(H,25,28). The quantitative estimate of drug-likeness (QED) is 0.607. The van der Waals surface area contributed by atoms with E-state index >= 15 is 0 Å². The fraction of sp³-hybridized carbons (Fsp3) is 0.391. The van der Waals surface area contributed by atoms with E-state index in [-0.39, 0.29) is 44.3 Å². The molecule has 188 valence electrons. The summed E-state index contributed by atoms with van der Waals surface area (Å²) in [5.41, 5.74) is 0.0286.